The molecule has 1 unspecified atom stereocenters. The van der Waals surface area contributed by atoms with E-state index < -0.39 is 0 Å². The Kier molecular flexibility index (Phi) is 6.32. The molecule has 1 atom stereocenters. The molecule has 1 rings (SSSR count). The summed E-state index contributed by atoms with van der Waals surface area (Å²) >= 11 is 6.05. The predicted octanol–water partition coefficient (Wildman–Crippen LogP) is 3.87. The average Bonchev–Trinajstić information content (AvgIpc) is 2.79. The van der Waals surface area contributed by atoms with Crippen LogP contribution in [0.1, 0.15) is 65.2 Å². The summed E-state index contributed by atoms with van der Waals surface area (Å²) in [5.74, 6) is 0.960. The third-order valence-corrected chi connectivity index (χ3v) is 4.49. The minimum atomic E-state index is -0.0989. The van der Waals surface area contributed by atoms with Gasteiger partial charge in [-0.3, -0.25) is 4.79 Å². The van der Waals surface area contributed by atoms with E-state index in [0.717, 1.165) is 38.5 Å². The number of hydrogen-bond donors (Lipinski definition) is 1. The van der Waals surface area contributed by atoms with Crippen molar-refractivity contribution in [2.45, 2.75) is 70.8 Å². The summed E-state index contributed by atoms with van der Waals surface area (Å²) in [6.45, 7) is 4.27. The van der Waals surface area contributed by atoms with Gasteiger partial charge in [-0.2, -0.15) is 0 Å². The van der Waals surface area contributed by atoms with Crippen molar-refractivity contribution < 1.29 is 4.79 Å². The summed E-state index contributed by atoms with van der Waals surface area (Å²) in [5, 5.41) is 3.23. The smallest absolute Gasteiger partial charge is 0.223 e. The van der Waals surface area contributed by atoms with Gasteiger partial charge in [0.25, 0.3) is 0 Å². The maximum atomic E-state index is 12.2. The Labute approximate surface area is 110 Å². The summed E-state index contributed by atoms with van der Waals surface area (Å²) in [4.78, 5) is 12.2. The highest BCUT2D eigenvalue weighted by Gasteiger charge is 2.35. The Balaban J connectivity index is 2.50. The number of rotatable bonds is 7. The molecule has 1 fully saturated rings. The van der Waals surface area contributed by atoms with Crippen molar-refractivity contribution in [2.24, 2.45) is 5.92 Å². The van der Waals surface area contributed by atoms with Gasteiger partial charge in [0.2, 0.25) is 5.91 Å². The molecule has 1 aliphatic rings. The van der Waals surface area contributed by atoms with Gasteiger partial charge in [0.05, 0.1) is 5.54 Å². The lowest BCUT2D eigenvalue weighted by Gasteiger charge is -2.30. The van der Waals surface area contributed by atoms with Crippen LogP contribution in [0.25, 0.3) is 0 Å². The normalized spacial score (nSPS) is 20.2. The zero-order valence-electron chi connectivity index (χ0n) is 11.2. The first-order chi connectivity index (χ1) is 8.17. The van der Waals surface area contributed by atoms with E-state index in [1.54, 1.807) is 0 Å². The Bertz CT molecular complexity index is 236. The highest BCUT2D eigenvalue weighted by atomic mass is 35.5. The van der Waals surface area contributed by atoms with Gasteiger partial charge in [-0.1, -0.05) is 39.5 Å². The van der Waals surface area contributed by atoms with Crippen LogP contribution in [0.3, 0.4) is 0 Å². The standard InChI is InChI=1S/C14H26ClNO/c1-3-5-8-12(4-2)13(17)16-14(11-15)9-6-7-10-14/h12H,3-11H2,1-2H3,(H,16,17). The molecule has 0 aromatic carbocycles. The number of nitrogens with one attached hydrogen (secondary N) is 1. The molecule has 0 saturated heterocycles. The second-order valence-corrected chi connectivity index (χ2v) is 5.62. The molecular formula is C14H26ClNO. The van der Waals surface area contributed by atoms with Crippen molar-refractivity contribution in [1.29, 1.82) is 0 Å². The van der Waals surface area contributed by atoms with Crippen LogP contribution in [-0.2, 0) is 4.79 Å². The molecule has 100 valence electrons. The van der Waals surface area contributed by atoms with Gasteiger partial charge in [-0.05, 0) is 25.7 Å². The molecule has 17 heavy (non-hydrogen) atoms. The maximum absolute atomic E-state index is 12.2. The fourth-order valence-corrected chi connectivity index (χ4v) is 3.01. The molecule has 0 aliphatic heterocycles. The number of halogens is 1. The lowest BCUT2D eigenvalue weighted by molar-refractivity contribution is -0.127. The Hall–Kier alpha value is -0.240. The summed E-state index contributed by atoms with van der Waals surface area (Å²) in [6, 6.07) is 0. The van der Waals surface area contributed by atoms with Crippen molar-refractivity contribution in [2.75, 3.05) is 5.88 Å². The van der Waals surface area contributed by atoms with E-state index in [-0.39, 0.29) is 17.4 Å². The first-order valence-corrected chi connectivity index (χ1v) is 7.59. The molecule has 0 aromatic heterocycles. The number of unbranched alkanes of at least 4 members (excludes halogenated alkanes) is 1. The second-order valence-electron chi connectivity index (χ2n) is 5.36. The van der Waals surface area contributed by atoms with Crippen molar-refractivity contribution in [3.05, 3.63) is 0 Å². The summed E-state index contributed by atoms with van der Waals surface area (Å²) in [7, 11) is 0. The third-order valence-electron chi connectivity index (χ3n) is 3.97. The van der Waals surface area contributed by atoms with Crippen molar-refractivity contribution in [3.63, 3.8) is 0 Å². The first-order valence-electron chi connectivity index (χ1n) is 7.05. The maximum Gasteiger partial charge on any atom is 0.223 e. The van der Waals surface area contributed by atoms with Crippen molar-refractivity contribution >= 4 is 17.5 Å². The fraction of sp³-hybridized carbons (Fsp3) is 0.929. The van der Waals surface area contributed by atoms with Crippen LogP contribution in [-0.4, -0.2) is 17.3 Å². The van der Waals surface area contributed by atoms with Gasteiger partial charge in [-0.25, -0.2) is 0 Å². The lowest BCUT2D eigenvalue weighted by Crippen LogP contribution is -2.50. The molecule has 1 aliphatic carbocycles. The monoisotopic (exact) mass is 259 g/mol. The zero-order valence-corrected chi connectivity index (χ0v) is 12.0. The molecule has 0 aromatic rings. The third kappa shape index (κ3) is 4.17. The molecule has 0 radical (unpaired) electrons. The molecule has 0 heterocycles. The van der Waals surface area contributed by atoms with E-state index in [1.807, 2.05) is 0 Å². The van der Waals surface area contributed by atoms with Gasteiger partial charge >= 0.3 is 0 Å². The van der Waals surface area contributed by atoms with E-state index in [4.69, 9.17) is 11.6 Å². The average molecular weight is 260 g/mol. The van der Waals surface area contributed by atoms with E-state index in [9.17, 15) is 4.79 Å². The van der Waals surface area contributed by atoms with Crippen LogP contribution in [0.5, 0.6) is 0 Å². The molecular weight excluding hydrogens is 234 g/mol. The highest BCUT2D eigenvalue weighted by Crippen LogP contribution is 2.31. The van der Waals surface area contributed by atoms with Crippen LogP contribution >= 0.6 is 11.6 Å². The highest BCUT2D eigenvalue weighted by molar-refractivity contribution is 6.18. The molecule has 1 N–H and O–H groups in total. The zero-order chi connectivity index (χ0) is 12.7. The number of carbonyl (C=O) groups excluding carboxylic acids is 1. The minimum absolute atomic E-state index is 0.0989. The fourth-order valence-electron chi connectivity index (χ4n) is 2.68. The van der Waals surface area contributed by atoms with Crippen molar-refractivity contribution in [1.82, 2.24) is 5.32 Å². The lowest BCUT2D eigenvalue weighted by atomic mass is 9.94. The Morgan fingerprint density at radius 2 is 2.00 bits per heavy atom. The second kappa shape index (κ2) is 7.25. The van der Waals surface area contributed by atoms with Crippen LogP contribution in [0.2, 0.25) is 0 Å². The van der Waals surface area contributed by atoms with Crippen LogP contribution < -0.4 is 5.32 Å². The summed E-state index contributed by atoms with van der Waals surface area (Å²) in [5.41, 5.74) is -0.0989. The van der Waals surface area contributed by atoms with Crippen molar-refractivity contribution in [3.8, 4) is 0 Å². The minimum Gasteiger partial charge on any atom is -0.349 e. The molecule has 3 heteroatoms. The van der Waals surface area contributed by atoms with E-state index >= 15 is 0 Å². The number of hydrogen-bond acceptors (Lipinski definition) is 1. The number of alkyl halides is 1. The van der Waals surface area contributed by atoms with Gasteiger partial charge in [0.1, 0.15) is 0 Å². The summed E-state index contributed by atoms with van der Waals surface area (Å²) in [6.07, 6.45) is 8.72. The van der Waals surface area contributed by atoms with Crippen LogP contribution in [0, 0.1) is 5.92 Å². The Morgan fingerprint density at radius 1 is 1.35 bits per heavy atom. The van der Waals surface area contributed by atoms with Gasteiger partial charge in [0.15, 0.2) is 0 Å². The SMILES string of the molecule is CCCCC(CC)C(=O)NC1(CCl)CCCC1. The van der Waals surface area contributed by atoms with Gasteiger partial charge in [-0.15, -0.1) is 11.6 Å². The van der Waals surface area contributed by atoms with Gasteiger partial charge < -0.3 is 5.32 Å². The topological polar surface area (TPSA) is 29.1 Å². The van der Waals surface area contributed by atoms with E-state index in [1.165, 1.54) is 12.8 Å². The molecule has 1 saturated carbocycles. The number of amides is 1. The van der Waals surface area contributed by atoms with E-state index in [0.29, 0.717) is 5.88 Å². The quantitative estimate of drug-likeness (QED) is 0.691. The predicted molar refractivity (Wildman–Crippen MR) is 73.4 cm³/mol. The largest absolute Gasteiger partial charge is 0.349 e. The molecule has 0 bridgehead atoms. The van der Waals surface area contributed by atoms with E-state index in [2.05, 4.69) is 19.2 Å². The van der Waals surface area contributed by atoms with Gasteiger partial charge in [0, 0.05) is 11.8 Å². The van der Waals surface area contributed by atoms with Crippen LogP contribution in [0.4, 0.5) is 0 Å². The first kappa shape index (κ1) is 14.8. The summed E-state index contributed by atoms with van der Waals surface area (Å²) < 4.78 is 0. The molecule has 2 nitrogen and oxygen atoms in total. The van der Waals surface area contributed by atoms with Crippen LogP contribution in [0.15, 0.2) is 0 Å². The Morgan fingerprint density at radius 3 is 2.47 bits per heavy atom. The molecule has 1 amide bonds. The molecule has 0 spiro atoms. The number of carbonyl (C=O) groups is 1.